The molecule has 2 atom stereocenters. The van der Waals surface area contributed by atoms with Crippen LogP contribution in [0, 0.1) is 5.92 Å². The maximum atomic E-state index is 11.5. The molecule has 0 heterocycles. The van der Waals surface area contributed by atoms with Gasteiger partial charge >= 0.3 is 5.97 Å². The van der Waals surface area contributed by atoms with Crippen molar-refractivity contribution in [2.45, 2.75) is 45.6 Å². The molecule has 0 saturated heterocycles. The lowest BCUT2D eigenvalue weighted by molar-refractivity contribution is -0.154. The van der Waals surface area contributed by atoms with Gasteiger partial charge in [-0.2, -0.15) is 0 Å². The fraction of sp³-hybridized carbons (Fsp3) is 0.833. The van der Waals surface area contributed by atoms with Gasteiger partial charge < -0.3 is 9.64 Å². The van der Waals surface area contributed by atoms with Crippen LogP contribution in [0.1, 0.15) is 39.5 Å². The van der Waals surface area contributed by atoms with E-state index in [0.717, 1.165) is 19.3 Å². The molecule has 0 radical (unpaired) electrons. The average Bonchev–Trinajstić information content (AvgIpc) is 2.16. The van der Waals surface area contributed by atoms with Crippen molar-refractivity contribution in [3.05, 3.63) is 0 Å². The molecule has 4 nitrogen and oxygen atoms in total. The monoisotopic (exact) mass is 227 g/mol. The first kappa shape index (κ1) is 13.0. The van der Waals surface area contributed by atoms with E-state index in [1.165, 1.54) is 18.2 Å². The summed E-state index contributed by atoms with van der Waals surface area (Å²) in [6.45, 7) is 3.68. The molecule has 4 heteroatoms. The molecule has 0 aromatic carbocycles. The van der Waals surface area contributed by atoms with Crippen molar-refractivity contribution in [2.24, 2.45) is 5.92 Å². The Balaban J connectivity index is 2.30. The Hall–Kier alpha value is -1.06. The number of likely N-dealkylation sites (N-methyl/N-ethyl adjacent to an activating group) is 1. The Morgan fingerprint density at radius 2 is 2.06 bits per heavy atom. The topological polar surface area (TPSA) is 46.6 Å². The van der Waals surface area contributed by atoms with E-state index < -0.39 is 0 Å². The van der Waals surface area contributed by atoms with Crippen LogP contribution in [0.4, 0.5) is 0 Å². The van der Waals surface area contributed by atoms with Crippen molar-refractivity contribution in [3.63, 3.8) is 0 Å². The fourth-order valence-corrected chi connectivity index (χ4v) is 2.01. The number of ether oxygens (including phenoxy) is 1. The molecule has 0 aromatic rings. The summed E-state index contributed by atoms with van der Waals surface area (Å²) in [5.41, 5.74) is 0. The highest BCUT2D eigenvalue weighted by atomic mass is 16.5. The van der Waals surface area contributed by atoms with E-state index in [4.69, 9.17) is 4.74 Å². The second-order valence-electron chi connectivity index (χ2n) is 4.76. The van der Waals surface area contributed by atoms with Crippen molar-refractivity contribution >= 4 is 11.9 Å². The molecule has 16 heavy (non-hydrogen) atoms. The van der Waals surface area contributed by atoms with Crippen LogP contribution in [-0.4, -0.2) is 36.5 Å². The summed E-state index contributed by atoms with van der Waals surface area (Å²) in [6, 6.07) is 0. The van der Waals surface area contributed by atoms with Crippen LogP contribution in [0.15, 0.2) is 0 Å². The lowest BCUT2D eigenvalue weighted by Crippen LogP contribution is -2.34. The van der Waals surface area contributed by atoms with E-state index in [1.54, 1.807) is 7.05 Å². The summed E-state index contributed by atoms with van der Waals surface area (Å²) < 4.78 is 5.35. The molecule has 1 fully saturated rings. The van der Waals surface area contributed by atoms with E-state index >= 15 is 0 Å². The molecule has 0 N–H and O–H groups in total. The third-order valence-electron chi connectivity index (χ3n) is 3.09. The average molecular weight is 227 g/mol. The van der Waals surface area contributed by atoms with Crippen LogP contribution >= 0.6 is 0 Å². The van der Waals surface area contributed by atoms with Gasteiger partial charge in [0, 0.05) is 14.0 Å². The van der Waals surface area contributed by atoms with Gasteiger partial charge in [-0.3, -0.25) is 9.59 Å². The van der Waals surface area contributed by atoms with E-state index in [0.29, 0.717) is 5.92 Å². The van der Waals surface area contributed by atoms with Crippen molar-refractivity contribution in [2.75, 3.05) is 13.6 Å². The minimum atomic E-state index is -0.295. The van der Waals surface area contributed by atoms with E-state index in [9.17, 15) is 9.59 Å². The minimum Gasteiger partial charge on any atom is -0.461 e. The molecule has 0 spiro atoms. The maximum Gasteiger partial charge on any atom is 0.325 e. The maximum absolute atomic E-state index is 11.5. The quantitative estimate of drug-likeness (QED) is 0.688. The molecule has 1 rings (SSSR count). The molecule has 1 aliphatic rings. The molecule has 0 aromatic heterocycles. The highest BCUT2D eigenvalue weighted by Gasteiger charge is 2.22. The van der Waals surface area contributed by atoms with Crippen LogP contribution < -0.4 is 0 Å². The third kappa shape index (κ3) is 4.21. The Morgan fingerprint density at radius 1 is 1.38 bits per heavy atom. The number of nitrogens with zero attached hydrogens (tertiary/aromatic N) is 1. The lowest BCUT2D eigenvalue weighted by atomic mass is 9.89. The number of carbonyl (C=O) groups is 2. The largest absolute Gasteiger partial charge is 0.461 e. The molecule has 1 amide bonds. The second kappa shape index (κ2) is 5.87. The predicted molar refractivity (Wildman–Crippen MR) is 60.8 cm³/mol. The van der Waals surface area contributed by atoms with E-state index in [-0.39, 0.29) is 24.5 Å². The van der Waals surface area contributed by atoms with Gasteiger partial charge in [-0.05, 0) is 25.2 Å². The normalized spacial score (nSPS) is 24.9. The van der Waals surface area contributed by atoms with Crippen molar-refractivity contribution < 1.29 is 14.3 Å². The van der Waals surface area contributed by atoms with Crippen LogP contribution in [-0.2, 0) is 14.3 Å². The van der Waals surface area contributed by atoms with Gasteiger partial charge in [0.15, 0.2) is 0 Å². The van der Waals surface area contributed by atoms with Gasteiger partial charge in [0.25, 0.3) is 0 Å². The highest BCUT2D eigenvalue weighted by Crippen LogP contribution is 2.25. The van der Waals surface area contributed by atoms with Gasteiger partial charge in [0.1, 0.15) is 12.6 Å². The first-order chi connectivity index (χ1) is 7.49. The third-order valence-corrected chi connectivity index (χ3v) is 3.09. The minimum absolute atomic E-state index is 0.0524. The number of hydrogen-bond acceptors (Lipinski definition) is 3. The Kier molecular flexibility index (Phi) is 4.77. The molecule has 0 aliphatic heterocycles. The smallest absolute Gasteiger partial charge is 0.325 e. The first-order valence-electron chi connectivity index (χ1n) is 5.90. The summed E-state index contributed by atoms with van der Waals surface area (Å²) in [6.07, 6.45) is 4.31. The molecule has 92 valence electrons. The zero-order valence-electron chi connectivity index (χ0n) is 10.4. The Morgan fingerprint density at radius 3 is 2.62 bits per heavy atom. The van der Waals surface area contributed by atoms with Crippen molar-refractivity contribution in [1.82, 2.24) is 4.90 Å². The van der Waals surface area contributed by atoms with Gasteiger partial charge in [-0.25, -0.2) is 0 Å². The Labute approximate surface area is 96.9 Å². The van der Waals surface area contributed by atoms with E-state index in [1.807, 2.05) is 0 Å². The van der Waals surface area contributed by atoms with E-state index in [2.05, 4.69) is 6.92 Å². The molecule has 1 saturated carbocycles. The summed E-state index contributed by atoms with van der Waals surface area (Å²) in [5, 5.41) is 0. The van der Waals surface area contributed by atoms with Crippen molar-refractivity contribution in [3.8, 4) is 0 Å². The summed E-state index contributed by atoms with van der Waals surface area (Å²) >= 11 is 0. The standard InChI is InChI=1S/C12H21NO3/c1-9-5-4-6-11(7-9)16-12(15)8-13(3)10(2)14/h9,11H,4-8H2,1-3H3/t9-,11+/m1/s1. The molecule has 1 aliphatic carbocycles. The molecular weight excluding hydrogens is 206 g/mol. The zero-order valence-corrected chi connectivity index (χ0v) is 10.4. The molecular formula is C12H21NO3. The van der Waals surface area contributed by atoms with Crippen LogP contribution in [0.2, 0.25) is 0 Å². The van der Waals surface area contributed by atoms with Crippen LogP contribution in [0.5, 0.6) is 0 Å². The molecule has 0 unspecified atom stereocenters. The second-order valence-corrected chi connectivity index (χ2v) is 4.76. The fourth-order valence-electron chi connectivity index (χ4n) is 2.01. The SMILES string of the molecule is CC(=O)N(C)CC(=O)O[C@H]1CCC[C@@H](C)C1. The van der Waals surface area contributed by atoms with Gasteiger partial charge in [0.2, 0.25) is 5.91 Å². The van der Waals surface area contributed by atoms with Crippen molar-refractivity contribution in [1.29, 1.82) is 0 Å². The van der Waals surface area contributed by atoms with Gasteiger partial charge in [0.05, 0.1) is 0 Å². The van der Waals surface area contributed by atoms with Crippen LogP contribution in [0.3, 0.4) is 0 Å². The van der Waals surface area contributed by atoms with Gasteiger partial charge in [-0.1, -0.05) is 13.3 Å². The number of hydrogen-bond donors (Lipinski definition) is 0. The Bertz CT molecular complexity index is 265. The first-order valence-corrected chi connectivity index (χ1v) is 5.90. The number of carbonyl (C=O) groups excluding carboxylic acids is 2. The number of esters is 1. The number of rotatable bonds is 3. The summed E-state index contributed by atoms with van der Waals surface area (Å²) in [7, 11) is 1.60. The van der Waals surface area contributed by atoms with Gasteiger partial charge in [-0.15, -0.1) is 0 Å². The summed E-state index contributed by atoms with van der Waals surface area (Å²) in [4.78, 5) is 23.8. The van der Waals surface area contributed by atoms with Crippen LogP contribution in [0.25, 0.3) is 0 Å². The summed E-state index contributed by atoms with van der Waals surface area (Å²) in [5.74, 6) is 0.225. The highest BCUT2D eigenvalue weighted by molar-refractivity contribution is 5.80. The zero-order chi connectivity index (χ0) is 12.1. The predicted octanol–water partition coefficient (Wildman–Crippen LogP) is 1.59. The molecule has 0 bridgehead atoms. The number of amides is 1. The lowest BCUT2D eigenvalue weighted by Gasteiger charge is -2.27.